The van der Waals surface area contributed by atoms with Gasteiger partial charge in [0, 0.05) is 5.69 Å². The fraction of sp³-hybridized carbons (Fsp3) is 0.278. The van der Waals surface area contributed by atoms with Crippen molar-refractivity contribution < 1.29 is 14.3 Å². The summed E-state index contributed by atoms with van der Waals surface area (Å²) in [5.74, 6) is 1.55. The molecule has 114 valence electrons. The third-order valence-corrected chi connectivity index (χ3v) is 4.01. The van der Waals surface area contributed by atoms with Gasteiger partial charge in [-0.05, 0) is 42.8 Å². The molecule has 0 unspecified atom stereocenters. The fourth-order valence-electron chi connectivity index (χ4n) is 2.34. The van der Waals surface area contributed by atoms with Crippen molar-refractivity contribution in [1.29, 1.82) is 0 Å². The zero-order valence-electron chi connectivity index (χ0n) is 12.5. The SMILES string of the molecule is CCC1(C(=O)Nc2ccc(Oc3ccccc3)cc2)COC1. The van der Waals surface area contributed by atoms with Crippen molar-refractivity contribution in [3.63, 3.8) is 0 Å². The molecule has 0 aromatic heterocycles. The average molecular weight is 297 g/mol. The molecule has 2 aromatic carbocycles. The number of benzene rings is 2. The van der Waals surface area contributed by atoms with Gasteiger partial charge in [0.1, 0.15) is 11.5 Å². The summed E-state index contributed by atoms with van der Waals surface area (Å²) in [6.07, 6.45) is 0.786. The summed E-state index contributed by atoms with van der Waals surface area (Å²) in [7, 11) is 0. The van der Waals surface area contributed by atoms with Crippen LogP contribution in [0, 0.1) is 5.41 Å². The summed E-state index contributed by atoms with van der Waals surface area (Å²) in [6.45, 7) is 3.02. The second kappa shape index (κ2) is 6.20. The highest BCUT2D eigenvalue weighted by Crippen LogP contribution is 2.33. The number of carbonyl (C=O) groups excluding carboxylic acids is 1. The van der Waals surface area contributed by atoms with Crippen LogP contribution in [0.5, 0.6) is 11.5 Å². The van der Waals surface area contributed by atoms with Crippen molar-refractivity contribution in [3.05, 3.63) is 54.6 Å². The van der Waals surface area contributed by atoms with E-state index in [1.54, 1.807) is 0 Å². The Hall–Kier alpha value is -2.33. The van der Waals surface area contributed by atoms with Crippen LogP contribution in [0.25, 0.3) is 0 Å². The maximum Gasteiger partial charge on any atom is 0.235 e. The number of ether oxygens (including phenoxy) is 2. The van der Waals surface area contributed by atoms with E-state index in [2.05, 4.69) is 5.32 Å². The highest BCUT2D eigenvalue weighted by atomic mass is 16.5. The Bertz CT molecular complexity index is 628. The Morgan fingerprint density at radius 2 is 1.73 bits per heavy atom. The molecule has 0 spiro atoms. The van der Waals surface area contributed by atoms with E-state index in [4.69, 9.17) is 9.47 Å². The largest absolute Gasteiger partial charge is 0.457 e. The summed E-state index contributed by atoms with van der Waals surface area (Å²) in [6, 6.07) is 17.0. The fourth-order valence-corrected chi connectivity index (χ4v) is 2.34. The molecule has 1 saturated heterocycles. The zero-order valence-corrected chi connectivity index (χ0v) is 12.5. The summed E-state index contributed by atoms with van der Waals surface area (Å²) in [5, 5.41) is 2.95. The van der Waals surface area contributed by atoms with Crippen LogP contribution in [-0.4, -0.2) is 19.1 Å². The highest BCUT2D eigenvalue weighted by Gasteiger charge is 2.44. The minimum atomic E-state index is -0.362. The number of hydrogen-bond donors (Lipinski definition) is 1. The lowest BCUT2D eigenvalue weighted by Crippen LogP contribution is -2.51. The van der Waals surface area contributed by atoms with Gasteiger partial charge in [0.25, 0.3) is 0 Å². The van der Waals surface area contributed by atoms with Crippen LogP contribution in [0.2, 0.25) is 0 Å². The van der Waals surface area contributed by atoms with E-state index in [0.717, 1.165) is 23.6 Å². The zero-order chi connectivity index (χ0) is 15.4. The number of amides is 1. The lowest BCUT2D eigenvalue weighted by Gasteiger charge is -2.38. The van der Waals surface area contributed by atoms with Gasteiger partial charge in [0.2, 0.25) is 5.91 Å². The molecule has 1 aliphatic rings. The van der Waals surface area contributed by atoms with E-state index in [-0.39, 0.29) is 11.3 Å². The monoisotopic (exact) mass is 297 g/mol. The first-order chi connectivity index (χ1) is 10.7. The highest BCUT2D eigenvalue weighted by molar-refractivity contribution is 5.96. The number of hydrogen-bond acceptors (Lipinski definition) is 3. The Morgan fingerprint density at radius 1 is 1.09 bits per heavy atom. The number of anilines is 1. The molecule has 1 fully saturated rings. The summed E-state index contributed by atoms with van der Waals surface area (Å²) < 4.78 is 10.9. The second-order valence-electron chi connectivity index (χ2n) is 5.52. The first-order valence-electron chi connectivity index (χ1n) is 7.44. The topological polar surface area (TPSA) is 47.6 Å². The lowest BCUT2D eigenvalue weighted by atomic mass is 9.82. The minimum Gasteiger partial charge on any atom is -0.457 e. The van der Waals surface area contributed by atoms with Gasteiger partial charge in [-0.25, -0.2) is 0 Å². The molecule has 1 N–H and O–H groups in total. The summed E-state index contributed by atoms with van der Waals surface area (Å²) in [4.78, 5) is 12.3. The standard InChI is InChI=1S/C18H19NO3/c1-2-18(12-21-13-18)17(20)19-14-8-10-16(11-9-14)22-15-6-4-3-5-7-15/h3-11H,2,12-13H2,1H3,(H,19,20). The van der Waals surface area contributed by atoms with Crippen LogP contribution in [0.4, 0.5) is 5.69 Å². The third kappa shape index (κ3) is 2.97. The van der Waals surface area contributed by atoms with Gasteiger partial charge in [-0.1, -0.05) is 25.1 Å². The van der Waals surface area contributed by atoms with E-state index < -0.39 is 0 Å². The number of para-hydroxylation sites is 1. The molecule has 4 heteroatoms. The maximum absolute atomic E-state index is 12.3. The van der Waals surface area contributed by atoms with Crippen LogP contribution in [0.15, 0.2) is 54.6 Å². The Morgan fingerprint density at radius 3 is 2.27 bits per heavy atom. The molecular weight excluding hydrogens is 278 g/mol. The van der Waals surface area contributed by atoms with Crippen LogP contribution < -0.4 is 10.1 Å². The van der Waals surface area contributed by atoms with E-state index in [0.29, 0.717) is 13.2 Å². The second-order valence-corrected chi connectivity index (χ2v) is 5.52. The van der Waals surface area contributed by atoms with Crippen molar-refractivity contribution in [2.45, 2.75) is 13.3 Å². The number of carbonyl (C=O) groups is 1. The Kier molecular flexibility index (Phi) is 4.11. The quantitative estimate of drug-likeness (QED) is 0.912. The van der Waals surface area contributed by atoms with Gasteiger partial charge in [0.05, 0.1) is 18.6 Å². The van der Waals surface area contributed by atoms with Crippen LogP contribution in [-0.2, 0) is 9.53 Å². The van der Waals surface area contributed by atoms with Gasteiger partial charge in [0.15, 0.2) is 0 Å². The molecule has 22 heavy (non-hydrogen) atoms. The van der Waals surface area contributed by atoms with Crippen molar-refractivity contribution in [3.8, 4) is 11.5 Å². The number of rotatable bonds is 5. The first-order valence-corrected chi connectivity index (χ1v) is 7.44. The number of nitrogens with one attached hydrogen (secondary N) is 1. The van der Waals surface area contributed by atoms with Crippen molar-refractivity contribution >= 4 is 11.6 Å². The molecule has 0 aliphatic carbocycles. The molecule has 0 atom stereocenters. The maximum atomic E-state index is 12.3. The van der Waals surface area contributed by atoms with Crippen molar-refractivity contribution in [2.75, 3.05) is 18.5 Å². The predicted octanol–water partition coefficient (Wildman–Crippen LogP) is 3.84. The van der Waals surface area contributed by atoms with Gasteiger partial charge >= 0.3 is 0 Å². The molecule has 2 aromatic rings. The Labute approximate surface area is 130 Å². The van der Waals surface area contributed by atoms with E-state index in [1.807, 2.05) is 61.5 Å². The molecule has 4 nitrogen and oxygen atoms in total. The molecule has 1 aliphatic heterocycles. The van der Waals surface area contributed by atoms with Crippen LogP contribution >= 0.6 is 0 Å². The van der Waals surface area contributed by atoms with Crippen LogP contribution in [0.3, 0.4) is 0 Å². The van der Waals surface area contributed by atoms with Gasteiger partial charge in [-0.2, -0.15) is 0 Å². The predicted molar refractivity (Wildman–Crippen MR) is 85.1 cm³/mol. The van der Waals surface area contributed by atoms with Gasteiger partial charge < -0.3 is 14.8 Å². The van der Waals surface area contributed by atoms with E-state index >= 15 is 0 Å². The molecule has 3 rings (SSSR count). The lowest BCUT2D eigenvalue weighted by molar-refractivity contribution is -0.156. The molecule has 0 saturated carbocycles. The Balaban J connectivity index is 1.63. The summed E-state index contributed by atoms with van der Waals surface area (Å²) in [5.41, 5.74) is 0.407. The minimum absolute atomic E-state index is 0.0259. The van der Waals surface area contributed by atoms with Crippen molar-refractivity contribution in [1.82, 2.24) is 0 Å². The van der Waals surface area contributed by atoms with Gasteiger partial charge in [-0.3, -0.25) is 4.79 Å². The van der Waals surface area contributed by atoms with Crippen LogP contribution in [0.1, 0.15) is 13.3 Å². The van der Waals surface area contributed by atoms with E-state index in [1.165, 1.54) is 0 Å². The summed E-state index contributed by atoms with van der Waals surface area (Å²) >= 11 is 0. The van der Waals surface area contributed by atoms with E-state index in [9.17, 15) is 4.79 Å². The molecule has 1 amide bonds. The molecule has 0 bridgehead atoms. The van der Waals surface area contributed by atoms with Crippen molar-refractivity contribution in [2.24, 2.45) is 5.41 Å². The smallest absolute Gasteiger partial charge is 0.235 e. The first kappa shape index (κ1) is 14.6. The molecule has 1 heterocycles. The molecule has 0 radical (unpaired) electrons. The third-order valence-electron chi connectivity index (χ3n) is 4.01. The average Bonchev–Trinajstić information content (AvgIpc) is 2.50. The normalized spacial score (nSPS) is 15.7. The van der Waals surface area contributed by atoms with Gasteiger partial charge in [-0.15, -0.1) is 0 Å². The molecular formula is C18H19NO3.